The molecule has 9 aromatic carbocycles. The Morgan fingerprint density at radius 2 is 0.792 bits per heavy atom. The highest BCUT2D eigenvalue weighted by atomic mass is 32.1. The van der Waals surface area contributed by atoms with E-state index in [2.05, 4.69) is 175 Å². The summed E-state index contributed by atoms with van der Waals surface area (Å²) in [4.78, 5) is 4.50. The van der Waals surface area contributed by atoms with Gasteiger partial charge in [-0.1, -0.05) is 164 Å². The van der Waals surface area contributed by atoms with Gasteiger partial charge in [0, 0.05) is 43.7 Å². The first-order chi connectivity index (χ1) is 26.3. The molecule has 0 saturated heterocycles. The van der Waals surface area contributed by atoms with Gasteiger partial charge < -0.3 is 0 Å². The molecular weight excluding hydrogens is 659 g/mol. The van der Waals surface area contributed by atoms with Crippen molar-refractivity contribution in [1.29, 1.82) is 0 Å². The molecule has 0 saturated carbocycles. The molecule has 0 bridgehead atoms. The van der Waals surface area contributed by atoms with E-state index >= 15 is 0 Å². The van der Waals surface area contributed by atoms with Crippen molar-refractivity contribution < 1.29 is 0 Å². The number of benzene rings is 9. The van der Waals surface area contributed by atoms with Gasteiger partial charge in [0.2, 0.25) is 0 Å². The first kappa shape index (κ1) is 30.1. The fourth-order valence-electron chi connectivity index (χ4n) is 8.75. The molecule has 0 aliphatic heterocycles. The Balaban J connectivity index is 1.18. The Bertz CT molecular complexity index is 3100. The van der Waals surface area contributed by atoms with Crippen molar-refractivity contribution in [3.8, 4) is 44.5 Å². The van der Waals surface area contributed by atoms with Gasteiger partial charge in [-0.15, -0.1) is 11.3 Å². The minimum atomic E-state index is 1.14. The van der Waals surface area contributed by atoms with Crippen molar-refractivity contribution in [3.05, 3.63) is 188 Å². The molecule has 1 nitrogen and oxygen atoms in total. The second kappa shape index (κ2) is 12.0. The second-order valence-corrected chi connectivity index (χ2v) is 14.8. The van der Waals surface area contributed by atoms with Gasteiger partial charge in [0.15, 0.2) is 0 Å². The molecule has 0 aliphatic rings. The van der Waals surface area contributed by atoms with Crippen LogP contribution in [-0.2, 0) is 0 Å². The number of thiophene rings is 1. The van der Waals surface area contributed by atoms with Crippen LogP contribution in [0.1, 0.15) is 0 Å². The average Bonchev–Trinajstić information content (AvgIpc) is 3.61. The zero-order valence-corrected chi connectivity index (χ0v) is 29.6. The van der Waals surface area contributed by atoms with Gasteiger partial charge in [0.25, 0.3) is 0 Å². The predicted octanol–water partition coefficient (Wildman–Crippen LogP) is 14.7. The number of rotatable bonds is 4. The molecule has 0 amide bonds. The first-order valence-corrected chi connectivity index (χ1v) is 18.9. The van der Waals surface area contributed by atoms with E-state index < -0.39 is 0 Å². The second-order valence-electron chi connectivity index (χ2n) is 13.8. The van der Waals surface area contributed by atoms with E-state index in [1.54, 1.807) is 0 Å². The maximum Gasteiger partial charge on any atom is 0.0434 e. The largest absolute Gasteiger partial charge is 0.264 e. The van der Waals surface area contributed by atoms with E-state index in [0.717, 1.165) is 5.56 Å². The maximum absolute atomic E-state index is 4.50. The number of fused-ring (bicyclic) bond motifs is 7. The van der Waals surface area contributed by atoms with Gasteiger partial charge in [-0.3, -0.25) is 4.98 Å². The molecular formula is C51H31NS. The molecule has 0 unspecified atom stereocenters. The Kier molecular flexibility index (Phi) is 6.80. The summed E-state index contributed by atoms with van der Waals surface area (Å²) < 4.78 is 2.61. The third-order valence-electron chi connectivity index (χ3n) is 10.9. The molecule has 246 valence electrons. The lowest BCUT2D eigenvalue weighted by molar-refractivity contribution is 1.33. The van der Waals surface area contributed by atoms with Gasteiger partial charge >= 0.3 is 0 Å². The Morgan fingerprint density at radius 1 is 0.321 bits per heavy atom. The highest BCUT2D eigenvalue weighted by Gasteiger charge is 2.21. The number of nitrogens with zero attached hydrogens (tertiary/aromatic N) is 1. The van der Waals surface area contributed by atoms with E-state index in [0.29, 0.717) is 0 Å². The fourth-order valence-corrected chi connectivity index (χ4v) is 10.0. The number of hydrogen-bond donors (Lipinski definition) is 0. The maximum atomic E-state index is 4.50. The van der Waals surface area contributed by atoms with Gasteiger partial charge in [0.1, 0.15) is 0 Å². The quantitative estimate of drug-likeness (QED) is 0.168. The third-order valence-corrected chi connectivity index (χ3v) is 12.1. The van der Waals surface area contributed by atoms with Crippen molar-refractivity contribution in [2.24, 2.45) is 0 Å². The normalized spacial score (nSPS) is 11.8. The molecule has 2 heteroatoms. The van der Waals surface area contributed by atoms with Crippen LogP contribution in [0.2, 0.25) is 0 Å². The lowest BCUT2D eigenvalue weighted by atomic mass is 9.85. The molecule has 11 rings (SSSR count). The highest BCUT2D eigenvalue weighted by Crippen LogP contribution is 2.49. The van der Waals surface area contributed by atoms with Crippen LogP contribution in [-0.4, -0.2) is 4.98 Å². The smallest absolute Gasteiger partial charge is 0.0434 e. The summed E-state index contributed by atoms with van der Waals surface area (Å²) in [7, 11) is 0. The first-order valence-electron chi connectivity index (χ1n) is 18.1. The Hall–Kier alpha value is -6.61. The molecule has 11 aromatic rings. The minimum Gasteiger partial charge on any atom is -0.264 e. The molecule has 2 heterocycles. The summed E-state index contributed by atoms with van der Waals surface area (Å²) in [6.45, 7) is 0. The van der Waals surface area contributed by atoms with Crippen molar-refractivity contribution >= 4 is 74.6 Å². The van der Waals surface area contributed by atoms with E-state index in [1.807, 2.05) is 29.8 Å². The van der Waals surface area contributed by atoms with Crippen LogP contribution in [0, 0.1) is 0 Å². The van der Waals surface area contributed by atoms with Crippen LogP contribution >= 0.6 is 11.3 Å². The van der Waals surface area contributed by atoms with Gasteiger partial charge in [-0.05, 0) is 88.6 Å². The van der Waals surface area contributed by atoms with Crippen LogP contribution in [0.25, 0.3) is 108 Å². The van der Waals surface area contributed by atoms with Gasteiger partial charge in [0.05, 0.1) is 0 Å². The van der Waals surface area contributed by atoms with E-state index in [-0.39, 0.29) is 0 Å². The van der Waals surface area contributed by atoms with Crippen LogP contribution in [0.15, 0.2) is 188 Å². The molecule has 0 N–H and O–H groups in total. The topological polar surface area (TPSA) is 12.9 Å². The van der Waals surface area contributed by atoms with E-state index in [4.69, 9.17) is 0 Å². The molecule has 0 atom stereocenters. The van der Waals surface area contributed by atoms with Crippen molar-refractivity contribution in [2.45, 2.75) is 0 Å². The highest BCUT2D eigenvalue weighted by molar-refractivity contribution is 7.26. The molecule has 0 fully saturated rings. The lowest BCUT2D eigenvalue weighted by Crippen LogP contribution is -1.91. The fraction of sp³-hybridized carbons (Fsp3) is 0. The summed E-state index contributed by atoms with van der Waals surface area (Å²) in [6, 6.07) is 64.6. The van der Waals surface area contributed by atoms with Crippen LogP contribution < -0.4 is 0 Å². The minimum absolute atomic E-state index is 1.14. The zero-order valence-electron chi connectivity index (χ0n) is 28.8. The average molecular weight is 690 g/mol. The number of pyridine rings is 1. The molecule has 2 aromatic heterocycles. The van der Waals surface area contributed by atoms with Crippen molar-refractivity contribution in [2.75, 3.05) is 0 Å². The van der Waals surface area contributed by atoms with E-state index in [9.17, 15) is 0 Å². The predicted molar refractivity (Wildman–Crippen MR) is 229 cm³/mol. The van der Waals surface area contributed by atoms with Gasteiger partial charge in [-0.25, -0.2) is 0 Å². The summed E-state index contributed by atoms with van der Waals surface area (Å²) in [6.07, 6.45) is 3.83. The van der Waals surface area contributed by atoms with Crippen LogP contribution in [0.5, 0.6) is 0 Å². The van der Waals surface area contributed by atoms with Gasteiger partial charge in [-0.2, -0.15) is 0 Å². The molecule has 0 aliphatic carbocycles. The van der Waals surface area contributed by atoms with Crippen LogP contribution in [0.4, 0.5) is 0 Å². The summed E-state index contributed by atoms with van der Waals surface area (Å²) in [5, 5.41) is 12.7. The third kappa shape index (κ3) is 4.59. The monoisotopic (exact) mass is 689 g/mol. The summed E-state index contributed by atoms with van der Waals surface area (Å²) >= 11 is 1.91. The van der Waals surface area contributed by atoms with Crippen molar-refractivity contribution in [3.63, 3.8) is 0 Å². The van der Waals surface area contributed by atoms with Crippen molar-refractivity contribution in [1.82, 2.24) is 4.98 Å². The van der Waals surface area contributed by atoms with Crippen LogP contribution in [0.3, 0.4) is 0 Å². The zero-order chi connectivity index (χ0) is 34.9. The SMILES string of the molecule is c1ccc(-c2c3ccccc3c(-c3ccc4c(c3)sc3c(-c5c6ccccc6c(-c6cccnc6)c6ccccc56)cccc34)c3ccccc23)cc1. The Labute approximate surface area is 311 Å². The summed E-state index contributed by atoms with van der Waals surface area (Å²) in [5.74, 6) is 0. The lowest BCUT2D eigenvalue weighted by Gasteiger charge is -2.17. The molecule has 53 heavy (non-hydrogen) atoms. The Morgan fingerprint density at radius 3 is 1.34 bits per heavy atom. The van der Waals surface area contributed by atoms with E-state index in [1.165, 1.54) is 102 Å². The number of hydrogen-bond acceptors (Lipinski definition) is 2. The summed E-state index contributed by atoms with van der Waals surface area (Å²) in [5.41, 5.74) is 10.0. The molecule has 0 spiro atoms. The standard InChI is InChI=1S/C51H31NS/c1-2-14-32(15-3-1)47-36-17-4-6-19-38(36)48(39-20-7-5-18-37(39)47)33-27-28-35-44-25-12-26-45(51(44)53-46(35)30-33)50-42-23-10-8-21-40(42)49(34-16-13-29-52-31-34)41-22-9-11-24-43(41)50/h1-31H. The number of aromatic nitrogens is 1. The molecule has 0 radical (unpaired) electrons.